The van der Waals surface area contributed by atoms with E-state index >= 15 is 0 Å². The van der Waals surface area contributed by atoms with Crippen LogP contribution < -0.4 is 4.90 Å². The summed E-state index contributed by atoms with van der Waals surface area (Å²) in [7, 11) is 0. The van der Waals surface area contributed by atoms with Gasteiger partial charge in [0.25, 0.3) is 0 Å². The Morgan fingerprint density at radius 1 is 1.12 bits per heavy atom. The molecule has 26 heavy (non-hydrogen) atoms. The summed E-state index contributed by atoms with van der Waals surface area (Å²) in [4.78, 5) is 19.4. The van der Waals surface area contributed by atoms with Crippen LogP contribution in [0.1, 0.15) is 31.2 Å². The first-order valence-corrected chi connectivity index (χ1v) is 9.63. The molecule has 0 radical (unpaired) electrons. The van der Waals surface area contributed by atoms with Gasteiger partial charge in [0, 0.05) is 38.1 Å². The van der Waals surface area contributed by atoms with Gasteiger partial charge in [-0.2, -0.15) is 5.26 Å². The number of hydrogen-bond donors (Lipinski definition) is 0. The number of carbonyl (C=O) groups excluding carboxylic acids is 1. The largest absolute Gasteiger partial charge is 0.369 e. The molecule has 1 atom stereocenters. The van der Waals surface area contributed by atoms with E-state index < -0.39 is 0 Å². The highest BCUT2D eigenvalue weighted by Gasteiger charge is 2.36. The summed E-state index contributed by atoms with van der Waals surface area (Å²) in [5.74, 6) is -0.0124. The van der Waals surface area contributed by atoms with Gasteiger partial charge in [0.05, 0.1) is 17.3 Å². The van der Waals surface area contributed by atoms with Gasteiger partial charge >= 0.3 is 0 Å². The van der Waals surface area contributed by atoms with E-state index in [1.807, 2.05) is 15.9 Å². The molecule has 1 aromatic rings. The van der Waals surface area contributed by atoms with Crippen LogP contribution in [0.15, 0.2) is 18.2 Å². The fraction of sp³-hybridized carbons (Fsp3) is 0.600. The van der Waals surface area contributed by atoms with Crippen molar-refractivity contribution in [2.75, 3.05) is 44.2 Å². The lowest BCUT2D eigenvalue weighted by Crippen LogP contribution is -2.47. The minimum absolute atomic E-state index is 0.0582. The highest BCUT2D eigenvalue weighted by molar-refractivity contribution is 5.79. The Hall–Kier alpha value is -2.13. The lowest BCUT2D eigenvalue weighted by atomic mass is 9.95. The summed E-state index contributed by atoms with van der Waals surface area (Å²) >= 11 is 0. The Labute approximate surface area is 154 Å². The molecule has 3 aliphatic rings. The van der Waals surface area contributed by atoms with E-state index in [-0.39, 0.29) is 17.6 Å². The Morgan fingerprint density at radius 2 is 1.88 bits per heavy atom. The van der Waals surface area contributed by atoms with Crippen LogP contribution in [0.5, 0.6) is 0 Å². The highest BCUT2D eigenvalue weighted by Crippen LogP contribution is 2.29. The smallest absolute Gasteiger partial charge is 0.225 e. The second-order valence-electron chi connectivity index (χ2n) is 7.66. The summed E-state index contributed by atoms with van der Waals surface area (Å²) in [6, 6.07) is 7.12. The molecular formula is C20H25FN4O. The molecule has 3 heterocycles. The number of nitriles is 1. The van der Waals surface area contributed by atoms with Gasteiger partial charge in [-0.1, -0.05) is 0 Å². The van der Waals surface area contributed by atoms with Crippen molar-refractivity contribution in [2.45, 2.75) is 31.7 Å². The van der Waals surface area contributed by atoms with Crippen LogP contribution >= 0.6 is 0 Å². The van der Waals surface area contributed by atoms with E-state index in [9.17, 15) is 9.18 Å². The van der Waals surface area contributed by atoms with Crippen LogP contribution in [0, 0.1) is 23.1 Å². The molecule has 0 aliphatic carbocycles. The number of piperidine rings is 1. The number of hydrogen-bond acceptors (Lipinski definition) is 4. The number of rotatable bonds is 3. The third-order valence-corrected chi connectivity index (χ3v) is 6.14. The van der Waals surface area contributed by atoms with Crippen molar-refractivity contribution in [3.05, 3.63) is 29.6 Å². The number of halogens is 1. The number of nitrogens with zero attached hydrogens (tertiary/aromatic N) is 4. The minimum Gasteiger partial charge on any atom is -0.369 e. The van der Waals surface area contributed by atoms with Crippen molar-refractivity contribution >= 4 is 11.6 Å². The van der Waals surface area contributed by atoms with E-state index in [1.54, 1.807) is 12.1 Å². The SMILES string of the molecule is N#Cc1ccc(N2CCC(C(=O)N3CCC(N4CCC4)C3)CC2)c(F)c1. The van der Waals surface area contributed by atoms with E-state index in [1.165, 1.54) is 25.6 Å². The van der Waals surface area contributed by atoms with Crippen molar-refractivity contribution in [1.82, 2.24) is 9.80 Å². The number of anilines is 1. The molecule has 3 fully saturated rings. The molecule has 5 nitrogen and oxygen atoms in total. The quantitative estimate of drug-likeness (QED) is 0.833. The molecular weight excluding hydrogens is 331 g/mol. The first-order valence-electron chi connectivity index (χ1n) is 9.63. The molecule has 4 rings (SSSR count). The van der Waals surface area contributed by atoms with Gasteiger partial charge in [-0.05, 0) is 57.0 Å². The van der Waals surface area contributed by atoms with Crippen molar-refractivity contribution in [2.24, 2.45) is 5.92 Å². The molecule has 3 aliphatic heterocycles. The maximum Gasteiger partial charge on any atom is 0.225 e. The number of benzene rings is 1. The maximum absolute atomic E-state index is 14.2. The number of carbonyl (C=O) groups is 1. The van der Waals surface area contributed by atoms with Crippen molar-refractivity contribution in [3.63, 3.8) is 0 Å². The third kappa shape index (κ3) is 3.28. The Balaban J connectivity index is 1.32. The standard InChI is InChI=1S/C20H25FN4O/c21-18-12-15(13-22)2-3-19(18)24-9-4-16(5-10-24)20(26)25-11-6-17(14-25)23-7-1-8-23/h2-3,12,16-17H,1,4-11,14H2. The van der Waals surface area contributed by atoms with E-state index in [2.05, 4.69) is 4.90 Å². The summed E-state index contributed by atoms with van der Waals surface area (Å²) < 4.78 is 14.2. The Morgan fingerprint density at radius 3 is 2.50 bits per heavy atom. The van der Waals surface area contributed by atoms with Gasteiger partial charge in [-0.15, -0.1) is 0 Å². The molecule has 1 amide bonds. The Kier molecular flexibility index (Phi) is 4.82. The first-order chi connectivity index (χ1) is 12.7. The molecule has 6 heteroatoms. The summed E-state index contributed by atoms with van der Waals surface area (Å²) in [5, 5.41) is 8.86. The van der Waals surface area contributed by atoms with Crippen LogP contribution in [0.2, 0.25) is 0 Å². The first kappa shape index (κ1) is 17.3. The molecule has 0 aromatic heterocycles. The average Bonchev–Trinajstić information content (AvgIpc) is 3.09. The fourth-order valence-corrected chi connectivity index (χ4v) is 4.40. The molecule has 1 aromatic carbocycles. The lowest BCUT2D eigenvalue weighted by molar-refractivity contribution is -0.135. The van der Waals surface area contributed by atoms with Crippen LogP contribution in [-0.2, 0) is 4.79 Å². The monoisotopic (exact) mass is 356 g/mol. The normalized spacial score (nSPS) is 24.4. The number of likely N-dealkylation sites (tertiary alicyclic amines) is 2. The summed E-state index contributed by atoms with van der Waals surface area (Å²) in [6.45, 7) is 5.49. The highest BCUT2D eigenvalue weighted by atomic mass is 19.1. The maximum atomic E-state index is 14.2. The molecule has 138 valence electrons. The second-order valence-corrected chi connectivity index (χ2v) is 7.66. The van der Waals surface area contributed by atoms with E-state index in [4.69, 9.17) is 5.26 Å². The van der Waals surface area contributed by atoms with Gasteiger partial charge in [0.2, 0.25) is 5.91 Å². The molecule has 1 unspecified atom stereocenters. The van der Waals surface area contributed by atoms with Crippen LogP contribution in [0.3, 0.4) is 0 Å². The van der Waals surface area contributed by atoms with E-state index in [0.29, 0.717) is 30.4 Å². The van der Waals surface area contributed by atoms with Gasteiger partial charge in [0.1, 0.15) is 5.82 Å². The molecule has 0 saturated carbocycles. The van der Waals surface area contributed by atoms with Crippen LogP contribution in [0.25, 0.3) is 0 Å². The predicted octanol–water partition coefficient (Wildman–Crippen LogP) is 2.22. The van der Waals surface area contributed by atoms with Crippen LogP contribution in [0.4, 0.5) is 10.1 Å². The molecule has 3 saturated heterocycles. The molecule has 0 bridgehead atoms. The zero-order chi connectivity index (χ0) is 18.1. The number of amides is 1. The van der Waals surface area contributed by atoms with Crippen molar-refractivity contribution in [1.29, 1.82) is 5.26 Å². The van der Waals surface area contributed by atoms with Crippen molar-refractivity contribution < 1.29 is 9.18 Å². The molecule has 0 N–H and O–H groups in total. The van der Waals surface area contributed by atoms with Gasteiger partial charge in [0.15, 0.2) is 0 Å². The third-order valence-electron chi connectivity index (χ3n) is 6.14. The average molecular weight is 356 g/mol. The van der Waals surface area contributed by atoms with Crippen molar-refractivity contribution in [3.8, 4) is 6.07 Å². The molecule has 0 spiro atoms. The topological polar surface area (TPSA) is 50.6 Å². The fourth-order valence-electron chi connectivity index (χ4n) is 4.40. The van der Waals surface area contributed by atoms with Crippen LogP contribution in [-0.4, -0.2) is 61.0 Å². The van der Waals surface area contributed by atoms with Gasteiger partial charge in [-0.3, -0.25) is 9.69 Å². The van der Waals surface area contributed by atoms with Gasteiger partial charge < -0.3 is 9.80 Å². The van der Waals surface area contributed by atoms with Gasteiger partial charge in [-0.25, -0.2) is 4.39 Å². The van der Waals surface area contributed by atoms with E-state index in [0.717, 1.165) is 32.4 Å². The zero-order valence-electron chi connectivity index (χ0n) is 15.0. The second kappa shape index (κ2) is 7.24. The lowest BCUT2D eigenvalue weighted by Gasteiger charge is -2.37. The predicted molar refractivity (Wildman–Crippen MR) is 97.2 cm³/mol. The minimum atomic E-state index is -0.356. The Bertz CT molecular complexity index is 719. The summed E-state index contributed by atoms with van der Waals surface area (Å²) in [6.07, 6.45) is 3.92. The zero-order valence-corrected chi connectivity index (χ0v) is 15.0. The summed E-state index contributed by atoms with van der Waals surface area (Å²) in [5.41, 5.74) is 0.871.